The number of likely N-dealkylation sites (N-methyl/N-ethyl adjacent to an activating group) is 2. The van der Waals surface area contributed by atoms with Crippen molar-refractivity contribution in [3.63, 3.8) is 0 Å². The van der Waals surface area contributed by atoms with E-state index in [0.29, 0.717) is 6.54 Å². The lowest BCUT2D eigenvalue weighted by Crippen LogP contribution is -2.38. The number of nitrogens with two attached hydrogens (primary N) is 1. The Labute approximate surface area is 117 Å². The molecule has 0 aliphatic heterocycles. The first kappa shape index (κ1) is 15.9. The predicted octanol–water partition coefficient (Wildman–Crippen LogP) is 0.414. The first-order chi connectivity index (χ1) is 9.42. The van der Waals surface area contributed by atoms with Crippen LogP contribution in [0.4, 0.5) is 15.8 Å². The number of anilines is 2. The molecule has 0 unspecified atom stereocenters. The number of amides is 2. The van der Waals surface area contributed by atoms with Gasteiger partial charge in [-0.2, -0.15) is 0 Å². The zero-order valence-corrected chi connectivity index (χ0v) is 11.6. The Kier molecular flexibility index (Phi) is 5.92. The van der Waals surface area contributed by atoms with Crippen molar-refractivity contribution in [1.29, 1.82) is 0 Å². The highest BCUT2D eigenvalue weighted by atomic mass is 19.1. The van der Waals surface area contributed by atoms with Gasteiger partial charge in [0, 0.05) is 6.54 Å². The number of halogens is 1. The normalized spacial score (nSPS) is 10.4. The number of carbonyl (C=O) groups is 2. The molecule has 0 atom stereocenters. The molecule has 7 heteroatoms. The van der Waals surface area contributed by atoms with Gasteiger partial charge in [0.15, 0.2) is 0 Å². The fourth-order valence-corrected chi connectivity index (χ4v) is 1.63. The second-order valence-corrected chi connectivity index (χ2v) is 4.41. The fraction of sp³-hybridized carbons (Fsp3) is 0.385. The molecule has 4 N–H and O–H groups in total. The van der Waals surface area contributed by atoms with E-state index in [1.54, 1.807) is 11.9 Å². The lowest BCUT2D eigenvalue weighted by Gasteiger charge is -2.16. The van der Waals surface area contributed by atoms with Gasteiger partial charge in [-0.25, -0.2) is 4.39 Å². The Morgan fingerprint density at radius 2 is 1.95 bits per heavy atom. The van der Waals surface area contributed by atoms with E-state index in [-0.39, 0.29) is 36.3 Å². The van der Waals surface area contributed by atoms with E-state index in [4.69, 9.17) is 5.73 Å². The summed E-state index contributed by atoms with van der Waals surface area (Å²) >= 11 is 0. The van der Waals surface area contributed by atoms with E-state index in [2.05, 4.69) is 10.6 Å². The molecule has 1 aromatic rings. The first-order valence-electron chi connectivity index (χ1n) is 6.22. The Morgan fingerprint density at radius 3 is 2.60 bits per heavy atom. The average Bonchev–Trinajstić information content (AvgIpc) is 2.33. The van der Waals surface area contributed by atoms with Gasteiger partial charge in [-0.05, 0) is 32.2 Å². The van der Waals surface area contributed by atoms with Crippen LogP contribution in [0.2, 0.25) is 0 Å². The van der Waals surface area contributed by atoms with Crippen molar-refractivity contribution < 1.29 is 14.0 Å². The Balaban J connectivity index is 2.51. The molecule has 0 saturated carbocycles. The zero-order valence-electron chi connectivity index (χ0n) is 11.6. The molecule has 0 saturated heterocycles. The van der Waals surface area contributed by atoms with E-state index in [0.717, 1.165) is 6.07 Å². The van der Waals surface area contributed by atoms with Gasteiger partial charge in [0.25, 0.3) is 0 Å². The molecule has 0 fully saturated rings. The molecule has 0 heterocycles. The monoisotopic (exact) mass is 282 g/mol. The van der Waals surface area contributed by atoms with Crippen LogP contribution < -0.4 is 16.4 Å². The van der Waals surface area contributed by atoms with Crippen molar-refractivity contribution >= 4 is 23.2 Å². The standard InChI is InChI=1S/C13H19FN4O2/c1-3-16-12(19)7-18(2)8-13(20)17-11-6-9(14)4-5-10(11)15/h4-6H,3,7-8,15H2,1-2H3,(H,16,19)(H,17,20). The van der Waals surface area contributed by atoms with Crippen LogP contribution in [0.5, 0.6) is 0 Å². The number of benzene rings is 1. The molecule has 6 nitrogen and oxygen atoms in total. The molecule has 20 heavy (non-hydrogen) atoms. The maximum Gasteiger partial charge on any atom is 0.238 e. The molecule has 1 rings (SSSR count). The van der Waals surface area contributed by atoms with E-state index in [1.807, 2.05) is 6.92 Å². The fourth-order valence-electron chi connectivity index (χ4n) is 1.63. The van der Waals surface area contributed by atoms with Crippen LogP contribution in [0.3, 0.4) is 0 Å². The third kappa shape index (κ3) is 5.23. The van der Waals surface area contributed by atoms with Crippen LogP contribution in [0.15, 0.2) is 18.2 Å². The maximum absolute atomic E-state index is 13.0. The molecule has 0 radical (unpaired) electrons. The van der Waals surface area contributed by atoms with E-state index in [9.17, 15) is 14.0 Å². The highest BCUT2D eigenvalue weighted by Crippen LogP contribution is 2.18. The lowest BCUT2D eigenvalue weighted by molar-refractivity contribution is -0.122. The smallest absolute Gasteiger partial charge is 0.238 e. The van der Waals surface area contributed by atoms with Crippen molar-refractivity contribution in [3.8, 4) is 0 Å². The summed E-state index contributed by atoms with van der Waals surface area (Å²) in [6.45, 7) is 2.48. The molecule has 1 aromatic carbocycles. The number of rotatable bonds is 6. The van der Waals surface area contributed by atoms with Gasteiger partial charge in [-0.1, -0.05) is 0 Å². The quantitative estimate of drug-likeness (QED) is 0.660. The summed E-state index contributed by atoms with van der Waals surface area (Å²) in [5.41, 5.74) is 6.14. The Morgan fingerprint density at radius 1 is 1.30 bits per heavy atom. The summed E-state index contributed by atoms with van der Waals surface area (Å²) in [7, 11) is 1.64. The highest BCUT2D eigenvalue weighted by molar-refractivity contribution is 5.95. The molecule has 110 valence electrons. The molecule has 0 aliphatic carbocycles. The average molecular weight is 282 g/mol. The van der Waals surface area contributed by atoms with Crippen LogP contribution in [0.1, 0.15) is 6.92 Å². The molecular formula is C13H19FN4O2. The van der Waals surface area contributed by atoms with E-state index < -0.39 is 5.82 Å². The third-order valence-electron chi connectivity index (χ3n) is 2.49. The van der Waals surface area contributed by atoms with Crippen LogP contribution in [-0.2, 0) is 9.59 Å². The van der Waals surface area contributed by atoms with E-state index in [1.165, 1.54) is 12.1 Å². The van der Waals surface area contributed by atoms with Crippen LogP contribution in [0, 0.1) is 5.82 Å². The summed E-state index contributed by atoms with van der Waals surface area (Å²) in [4.78, 5) is 24.7. The van der Waals surface area contributed by atoms with Crippen molar-refractivity contribution in [2.45, 2.75) is 6.92 Å². The maximum atomic E-state index is 13.0. The minimum Gasteiger partial charge on any atom is -0.397 e. The summed E-state index contributed by atoms with van der Waals surface area (Å²) in [5.74, 6) is -1.01. The van der Waals surface area contributed by atoms with E-state index >= 15 is 0 Å². The van der Waals surface area contributed by atoms with Crippen molar-refractivity contribution in [2.24, 2.45) is 0 Å². The summed E-state index contributed by atoms with van der Waals surface area (Å²) in [6, 6.07) is 3.74. The van der Waals surface area contributed by atoms with Gasteiger partial charge in [0.05, 0.1) is 24.5 Å². The minimum atomic E-state index is -0.481. The number of nitrogens with one attached hydrogen (secondary N) is 2. The summed E-state index contributed by atoms with van der Waals surface area (Å²) < 4.78 is 13.0. The highest BCUT2D eigenvalue weighted by Gasteiger charge is 2.11. The summed E-state index contributed by atoms with van der Waals surface area (Å²) in [5, 5.41) is 5.14. The SMILES string of the molecule is CCNC(=O)CN(C)CC(=O)Nc1cc(F)ccc1N. The number of hydrogen-bond donors (Lipinski definition) is 3. The van der Waals surface area contributed by atoms with Crippen LogP contribution >= 0.6 is 0 Å². The van der Waals surface area contributed by atoms with Crippen molar-refractivity contribution in [1.82, 2.24) is 10.2 Å². The van der Waals surface area contributed by atoms with Crippen molar-refractivity contribution in [3.05, 3.63) is 24.0 Å². The number of hydrogen-bond acceptors (Lipinski definition) is 4. The molecule has 0 aromatic heterocycles. The predicted molar refractivity (Wildman–Crippen MR) is 75.6 cm³/mol. The van der Waals surface area contributed by atoms with Gasteiger partial charge < -0.3 is 16.4 Å². The van der Waals surface area contributed by atoms with Crippen LogP contribution in [-0.4, -0.2) is 43.4 Å². The molecular weight excluding hydrogens is 263 g/mol. The lowest BCUT2D eigenvalue weighted by atomic mass is 10.2. The second-order valence-electron chi connectivity index (χ2n) is 4.41. The second kappa shape index (κ2) is 7.44. The zero-order chi connectivity index (χ0) is 15.1. The topological polar surface area (TPSA) is 87.5 Å². The van der Waals surface area contributed by atoms with Gasteiger partial charge in [0.2, 0.25) is 11.8 Å². The van der Waals surface area contributed by atoms with Crippen LogP contribution in [0.25, 0.3) is 0 Å². The minimum absolute atomic E-state index is 0.00703. The molecule has 0 spiro atoms. The van der Waals surface area contributed by atoms with Gasteiger partial charge in [0.1, 0.15) is 5.82 Å². The molecule has 2 amide bonds. The first-order valence-corrected chi connectivity index (χ1v) is 6.22. The van der Waals surface area contributed by atoms with Gasteiger partial charge in [-0.3, -0.25) is 14.5 Å². The Bertz CT molecular complexity index is 493. The third-order valence-corrected chi connectivity index (χ3v) is 2.49. The molecule has 0 bridgehead atoms. The molecule has 0 aliphatic rings. The number of carbonyl (C=O) groups excluding carboxylic acids is 2. The van der Waals surface area contributed by atoms with Crippen molar-refractivity contribution in [2.75, 3.05) is 37.7 Å². The number of nitrogens with zero attached hydrogens (tertiary/aromatic N) is 1. The van der Waals surface area contributed by atoms with Gasteiger partial charge >= 0.3 is 0 Å². The Hall–Kier alpha value is -2.15. The summed E-state index contributed by atoms with van der Waals surface area (Å²) in [6.07, 6.45) is 0. The number of nitrogen functional groups attached to an aromatic ring is 1. The van der Waals surface area contributed by atoms with Gasteiger partial charge in [-0.15, -0.1) is 0 Å². The largest absolute Gasteiger partial charge is 0.397 e.